The number of aromatic carboxylic acids is 1. The van der Waals surface area contributed by atoms with E-state index in [1.54, 1.807) is 26.0 Å². The van der Waals surface area contributed by atoms with E-state index in [4.69, 9.17) is 4.74 Å². The number of nitrogens with one attached hydrogen (secondary N) is 1. The first-order valence-electron chi connectivity index (χ1n) is 5.73. The number of ether oxygens (including phenoxy) is 1. The molecule has 2 rings (SSSR count). The van der Waals surface area contributed by atoms with Crippen LogP contribution < -0.4 is 5.32 Å². The highest BCUT2D eigenvalue weighted by atomic mass is 16.5. The fraction of sp³-hybridized carbons (Fsp3) is 0.385. The Morgan fingerprint density at radius 2 is 1.78 bits per heavy atom. The highest BCUT2D eigenvalue weighted by molar-refractivity contribution is 6.06. The van der Waals surface area contributed by atoms with E-state index in [9.17, 15) is 14.7 Å². The van der Waals surface area contributed by atoms with Crippen molar-refractivity contribution in [2.24, 2.45) is 0 Å². The molecule has 1 aliphatic heterocycles. The number of hydrogen-bond donors (Lipinski definition) is 2. The Morgan fingerprint density at radius 3 is 2.22 bits per heavy atom. The van der Waals surface area contributed by atoms with Crippen LogP contribution in [0.2, 0.25) is 0 Å². The minimum Gasteiger partial charge on any atom is -0.478 e. The van der Waals surface area contributed by atoms with Crippen LogP contribution in [0, 0.1) is 13.8 Å². The van der Waals surface area contributed by atoms with Crippen LogP contribution in [0.1, 0.15) is 31.8 Å². The van der Waals surface area contributed by atoms with Gasteiger partial charge in [0.25, 0.3) is 5.91 Å². The Bertz CT molecular complexity index is 506. The van der Waals surface area contributed by atoms with E-state index in [-0.39, 0.29) is 23.1 Å². The summed E-state index contributed by atoms with van der Waals surface area (Å²) in [5, 5.41) is 12.0. The average molecular weight is 249 g/mol. The Balaban J connectivity index is 2.37. The fourth-order valence-electron chi connectivity index (χ4n) is 1.96. The fourth-order valence-corrected chi connectivity index (χ4v) is 1.96. The molecule has 1 heterocycles. The number of aryl methyl sites for hydroxylation is 2. The molecular weight excluding hydrogens is 234 g/mol. The molecule has 5 heteroatoms. The predicted octanol–water partition coefficient (Wildman–Crippen LogP) is 1.13. The number of carbonyl (C=O) groups is 2. The first kappa shape index (κ1) is 12.6. The van der Waals surface area contributed by atoms with Crippen LogP contribution in [0.15, 0.2) is 12.1 Å². The van der Waals surface area contributed by atoms with Gasteiger partial charge in [-0.25, -0.2) is 4.79 Å². The van der Waals surface area contributed by atoms with Crippen LogP contribution >= 0.6 is 0 Å². The van der Waals surface area contributed by atoms with Gasteiger partial charge in [-0.15, -0.1) is 0 Å². The SMILES string of the molecule is Cc1ccc(C)c(C(=O)NC2COC2)c1C(=O)O. The smallest absolute Gasteiger partial charge is 0.336 e. The van der Waals surface area contributed by atoms with Crippen LogP contribution in [0.4, 0.5) is 0 Å². The summed E-state index contributed by atoms with van der Waals surface area (Å²) in [4.78, 5) is 23.4. The van der Waals surface area contributed by atoms with Crippen LogP contribution in [0.5, 0.6) is 0 Å². The zero-order valence-electron chi connectivity index (χ0n) is 10.3. The van der Waals surface area contributed by atoms with Crippen LogP contribution in [0.25, 0.3) is 0 Å². The lowest BCUT2D eigenvalue weighted by molar-refractivity contribution is -0.00350. The summed E-state index contributed by atoms with van der Waals surface area (Å²) in [7, 11) is 0. The number of carboxylic acids is 1. The van der Waals surface area contributed by atoms with Crippen molar-refractivity contribution in [2.45, 2.75) is 19.9 Å². The summed E-state index contributed by atoms with van der Waals surface area (Å²) in [6.45, 7) is 4.39. The highest BCUT2D eigenvalue weighted by Crippen LogP contribution is 2.19. The van der Waals surface area contributed by atoms with E-state index in [1.165, 1.54) is 0 Å². The average Bonchev–Trinajstić information content (AvgIpc) is 2.25. The summed E-state index contributed by atoms with van der Waals surface area (Å²) in [6, 6.07) is 3.45. The molecule has 0 aliphatic carbocycles. The second-order valence-electron chi connectivity index (χ2n) is 4.46. The van der Waals surface area contributed by atoms with Crippen molar-refractivity contribution >= 4 is 11.9 Å². The lowest BCUT2D eigenvalue weighted by Gasteiger charge is -2.27. The normalized spacial score (nSPS) is 15.0. The maximum Gasteiger partial charge on any atom is 0.336 e. The molecule has 1 fully saturated rings. The van der Waals surface area contributed by atoms with Crippen molar-refractivity contribution < 1.29 is 19.4 Å². The lowest BCUT2D eigenvalue weighted by Crippen LogP contribution is -2.49. The van der Waals surface area contributed by atoms with Crippen molar-refractivity contribution in [1.29, 1.82) is 0 Å². The van der Waals surface area contributed by atoms with Crippen molar-refractivity contribution in [3.63, 3.8) is 0 Å². The number of benzene rings is 1. The zero-order valence-corrected chi connectivity index (χ0v) is 10.3. The molecule has 1 saturated heterocycles. The van der Waals surface area contributed by atoms with Crippen molar-refractivity contribution in [3.05, 3.63) is 34.4 Å². The minimum atomic E-state index is -1.08. The van der Waals surface area contributed by atoms with Gasteiger partial charge in [-0.3, -0.25) is 4.79 Å². The molecule has 2 N–H and O–H groups in total. The molecule has 0 unspecified atom stereocenters. The summed E-state index contributed by atoms with van der Waals surface area (Å²) in [6.07, 6.45) is 0. The number of amides is 1. The van der Waals surface area contributed by atoms with E-state index in [0.29, 0.717) is 24.3 Å². The molecule has 1 amide bonds. The van der Waals surface area contributed by atoms with E-state index in [0.717, 1.165) is 0 Å². The Labute approximate surface area is 105 Å². The van der Waals surface area contributed by atoms with Gasteiger partial charge in [-0.1, -0.05) is 12.1 Å². The van der Waals surface area contributed by atoms with Gasteiger partial charge in [-0.05, 0) is 25.0 Å². The Kier molecular flexibility index (Phi) is 3.34. The minimum absolute atomic E-state index is 0.0148. The summed E-state index contributed by atoms with van der Waals surface area (Å²) in [5.74, 6) is -1.42. The third kappa shape index (κ3) is 2.22. The molecule has 1 aromatic rings. The largest absolute Gasteiger partial charge is 0.478 e. The molecule has 0 aromatic heterocycles. The van der Waals surface area contributed by atoms with Crippen LogP contribution in [-0.4, -0.2) is 36.2 Å². The highest BCUT2D eigenvalue weighted by Gasteiger charge is 2.25. The number of rotatable bonds is 3. The first-order valence-corrected chi connectivity index (χ1v) is 5.73. The Morgan fingerprint density at radius 1 is 1.22 bits per heavy atom. The quantitative estimate of drug-likeness (QED) is 0.842. The molecule has 0 radical (unpaired) electrons. The number of carbonyl (C=O) groups excluding carboxylic acids is 1. The molecule has 1 aromatic carbocycles. The molecular formula is C13H15NO4. The van der Waals surface area contributed by atoms with Gasteiger partial charge in [0.05, 0.1) is 30.4 Å². The van der Waals surface area contributed by atoms with Crippen molar-refractivity contribution in [3.8, 4) is 0 Å². The number of hydrogen-bond acceptors (Lipinski definition) is 3. The second kappa shape index (κ2) is 4.78. The molecule has 0 saturated carbocycles. The molecule has 1 aliphatic rings. The van der Waals surface area contributed by atoms with Crippen molar-refractivity contribution in [1.82, 2.24) is 5.32 Å². The standard InChI is InChI=1S/C13H15NO4/c1-7-3-4-8(2)11(13(16)17)10(7)12(15)14-9-5-18-6-9/h3-4,9H,5-6H2,1-2H3,(H,14,15)(H,16,17). The molecule has 96 valence electrons. The van der Waals surface area contributed by atoms with E-state index in [2.05, 4.69) is 5.32 Å². The van der Waals surface area contributed by atoms with Crippen molar-refractivity contribution in [2.75, 3.05) is 13.2 Å². The summed E-state index contributed by atoms with van der Waals surface area (Å²) >= 11 is 0. The molecule has 0 bridgehead atoms. The van der Waals surface area contributed by atoms with Crippen LogP contribution in [0.3, 0.4) is 0 Å². The van der Waals surface area contributed by atoms with Gasteiger partial charge in [0.2, 0.25) is 0 Å². The van der Waals surface area contributed by atoms with Gasteiger partial charge in [-0.2, -0.15) is 0 Å². The van der Waals surface area contributed by atoms with Gasteiger partial charge >= 0.3 is 5.97 Å². The predicted molar refractivity (Wildman–Crippen MR) is 64.9 cm³/mol. The van der Waals surface area contributed by atoms with Gasteiger partial charge in [0, 0.05) is 0 Å². The van der Waals surface area contributed by atoms with Gasteiger partial charge in [0.15, 0.2) is 0 Å². The molecule has 18 heavy (non-hydrogen) atoms. The molecule has 0 atom stereocenters. The van der Waals surface area contributed by atoms with Crippen LogP contribution in [-0.2, 0) is 4.74 Å². The maximum atomic E-state index is 12.1. The zero-order chi connectivity index (χ0) is 13.3. The third-order valence-corrected chi connectivity index (χ3v) is 3.04. The maximum absolute atomic E-state index is 12.1. The lowest BCUT2D eigenvalue weighted by atomic mass is 9.96. The second-order valence-corrected chi connectivity index (χ2v) is 4.46. The summed E-state index contributed by atoms with van der Waals surface area (Å²) < 4.78 is 4.97. The molecule has 0 spiro atoms. The topological polar surface area (TPSA) is 75.6 Å². The first-order chi connectivity index (χ1) is 8.50. The molecule has 5 nitrogen and oxygen atoms in total. The number of carboxylic acid groups (broad SMARTS) is 1. The monoisotopic (exact) mass is 249 g/mol. The third-order valence-electron chi connectivity index (χ3n) is 3.04. The van der Waals surface area contributed by atoms with E-state index < -0.39 is 5.97 Å². The van der Waals surface area contributed by atoms with Gasteiger partial charge in [0.1, 0.15) is 0 Å². The van der Waals surface area contributed by atoms with E-state index >= 15 is 0 Å². The van der Waals surface area contributed by atoms with E-state index in [1.807, 2.05) is 0 Å². The van der Waals surface area contributed by atoms with Gasteiger partial charge < -0.3 is 15.2 Å². The summed E-state index contributed by atoms with van der Waals surface area (Å²) in [5.41, 5.74) is 1.57. The Hall–Kier alpha value is -1.88.